The molecule has 0 aromatic heterocycles. The molecule has 0 amide bonds. The first kappa shape index (κ1) is 4.78. The summed E-state index contributed by atoms with van der Waals surface area (Å²) in [4.78, 5) is 9.86. The number of hydrogen-bond acceptors (Lipinski definition) is 2. The van der Waals surface area contributed by atoms with Gasteiger partial charge in [-0.3, -0.25) is 0 Å². The van der Waals surface area contributed by atoms with E-state index in [1.165, 1.54) is 0 Å². The van der Waals surface area contributed by atoms with Crippen molar-refractivity contribution in [3.05, 3.63) is 6.61 Å². The lowest BCUT2D eigenvalue weighted by atomic mass is 10.3. The first-order chi connectivity index (χ1) is 3.43. The Morgan fingerprint density at radius 1 is 1.86 bits per heavy atom. The van der Waals surface area contributed by atoms with Gasteiger partial charge in [-0.1, -0.05) is 0 Å². The fourth-order valence-electron chi connectivity index (χ4n) is 0.592. The summed E-state index contributed by atoms with van der Waals surface area (Å²) in [5, 5.41) is 0. The number of rotatable bonds is 1. The lowest BCUT2D eigenvalue weighted by Crippen LogP contribution is -2.03. The normalized spacial score (nSPS) is 30.6. The third-order valence-electron chi connectivity index (χ3n) is 0.992. The largest absolute Gasteiger partial charge is 0.365 e. The molecule has 0 bridgehead atoms. The van der Waals surface area contributed by atoms with Crippen LogP contribution < -0.4 is 0 Å². The van der Waals surface area contributed by atoms with Gasteiger partial charge in [-0.15, -0.1) is 0 Å². The van der Waals surface area contributed by atoms with Gasteiger partial charge in [0, 0.05) is 0 Å². The predicted octanol–water partition coefficient (Wildman–Crippen LogP) is 0.526. The number of carbonyl (C=O) groups is 1. The average Bonchev–Trinajstić information content (AvgIpc) is 2.14. The summed E-state index contributed by atoms with van der Waals surface area (Å²) >= 11 is 0. The Labute approximate surface area is 42.5 Å². The maximum atomic E-state index is 9.86. The first-order valence-corrected chi connectivity index (χ1v) is 2.36. The van der Waals surface area contributed by atoms with Crippen LogP contribution in [0, 0.1) is 6.61 Å². The Morgan fingerprint density at radius 3 is 3.00 bits per heavy atom. The van der Waals surface area contributed by atoms with Crippen molar-refractivity contribution >= 4 is 6.29 Å². The quantitative estimate of drug-likeness (QED) is 0.448. The van der Waals surface area contributed by atoms with E-state index in [9.17, 15) is 4.79 Å². The third kappa shape index (κ3) is 0.996. The lowest BCUT2D eigenvalue weighted by molar-refractivity contribution is -0.114. The summed E-state index contributed by atoms with van der Waals surface area (Å²) in [6.45, 7) is 1.68. The van der Waals surface area contributed by atoms with E-state index in [-0.39, 0.29) is 6.10 Å². The highest BCUT2D eigenvalue weighted by molar-refractivity contribution is 5.56. The molecule has 1 unspecified atom stereocenters. The van der Waals surface area contributed by atoms with Crippen LogP contribution in [0.25, 0.3) is 0 Å². The third-order valence-corrected chi connectivity index (χ3v) is 0.992. The van der Waals surface area contributed by atoms with Gasteiger partial charge in [-0.25, -0.2) is 0 Å². The van der Waals surface area contributed by atoms with Crippen LogP contribution in [-0.2, 0) is 9.53 Å². The maximum Gasteiger partial charge on any atom is 0.148 e. The first-order valence-electron chi connectivity index (χ1n) is 2.36. The smallest absolute Gasteiger partial charge is 0.148 e. The minimum Gasteiger partial charge on any atom is -0.365 e. The van der Waals surface area contributed by atoms with E-state index < -0.39 is 0 Å². The molecule has 1 atom stereocenters. The molecule has 1 radical (unpaired) electrons. The van der Waals surface area contributed by atoms with Gasteiger partial charge in [-0.05, 0) is 12.8 Å². The van der Waals surface area contributed by atoms with E-state index in [0.717, 1.165) is 19.1 Å². The standard InChI is InChI=1S/C5H7O2/c6-4-5-2-1-3-7-5/h3-5H,1-2H2. The molecule has 0 aromatic rings. The molecule has 1 fully saturated rings. The van der Waals surface area contributed by atoms with Crippen molar-refractivity contribution in [2.24, 2.45) is 0 Å². The van der Waals surface area contributed by atoms with Gasteiger partial charge in [-0.2, -0.15) is 0 Å². The Bertz CT molecular complexity index is 64.5. The van der Waals surface area contributed by atoms with Gasteiger partial charge < -0.3 is 9.53 Å². The monoisotopic (exact) mass is 99.0 g/mol. The molecular formula is C5H7O2. The average molecular weight is 99.1 g/mol. The van der Waals surface area contributed by atoms with Gasteiger partial charge in [0.05, 0.1) is 6.61 Å². The Morgan fingerprint density at radius 2 is 2.71 bits per heavy atom. The molecule has 0 aliphatic carbocycles. The van der Waals surface area contributed by atoms with Crippen LogP contribution >= 0.6 is 0 Å². The summed E-state index contributed by atoms with van der Waals surface area (Å²) in [6, 6.07) is 0. The van der Waals surface area contributed by atoms with Crippen LogP contribution in [0.3, 0.4) is 0 Å². The second kappa shape index (κ2) is 2.07. The number of ether oxygens (including phenoxy) is 1. The van der Waals surface area contributed by atoms with E-state index >= 15 is 0 Å². The van der Waals surface area contributed by atoms with Crippen molar-refractivity contribution in [1.82, 2.24) is 0 Å². The fourth-order valence-corrected chi connectivity index (χ4v) is 0.592. The van der Waals surface area contributed by atoms with Crippen LogP contribution in [0.4, 0.5) is 0 Å². The molecule has 1 heterocycles. The SMILES string of the molecule is O=CC1CC[CH]O1. The van der Waals surface area contributed by atoms with Crippen LogP contribution in [0.15, 0.2) is 0 Å². The number of aldehydes is 1. The van der Waals surface area contributed by atoms with E-state index in [1.807, 2.05) is 0 Å². The van der Waals surface area contributed by atoms with Gasteiger partial charge in [0.1, 0.15) is 12.4 Å². The summed E-state index contributed by atoms with van der Waals surface area (Å²) < 4.78 is 4.81. The Hall–Kier alpha value is -0.370. The minimum atomic E-state index is -0.139. The van der Waals surface area contributed by atoms with Crippen molar-refractivity contribution in [1.29, 1.82) is 0 Å². The molecule has 0 N–H and O–H groups in total. The van der Waals surface area contributed by atoms with Crippen LogP contribution in [0.1, 0.15) is 12.8 Å². The molecular weight excluding hydrogens is 92.1 g/mol. The van der Waals surface area contributed by atoms with Gasteiger partial charge >= 0.3 is 0 Å². The summed E-state index contributed by atoms with van der Waals surface area (Å²) in [6.07, 6.45) is 2.48. The molecule has 1 aliphatic rings. The highest BCUT2D eigenvalue weighted by Crippen LogP contribution is 2.12. The summed E-state index contributed by atoms with van der Waals surface area (Å²) in [7, 11) is 0. The molecule has 1 saturated heterocycles. The second-order valence-electron chi connectivity index (χ2n) is 1.55. The lowest BCUT2D eigenvalue weighted by Gasteiger charge is -1.92. The van der Waals surface area contributed by atoms with E-state index in [4.69, 9.17) is 4.74 Å². The minimum absolute atomic E-state index is 0.139. The predicted molar refractivity (Wildman–Crippen MR) is 24.5 cm³/mol. The topological polar surface area (TPSA) is 26.3 Å². The molecule has 2 heteroatoms. The molecule has 39 valence electrons. The Kier molecular flexibility index (Phi) is 1.42. The number of carbonyl (C=O) groups excluding carboxylic acids is 1. The molecule has 1 aliphatic heterocycles. The van der Waals surface area contributed by atoms with Gasteiger partial charge in [0.15, 0.2) is 0 Å². The van der Waals surface area contributed by atoms with Gasteiger partial charge in [0.2, 0.25) is 0 Å². The number of hydrogen-bond donors (Lipinski definition) is 0. The summed E-state index contributed by atoms with van der Waals surface area (Å²) in [5.74, 6) is 0. The van der Waals surface area contributed by atoms with Crippen LogP contribution in [-0.4, -0.2) is 12.4 Å². The highest BCUT2D eigenvalue weighted by atomic mass is 16.5. The maximum absolute atomic E-state index is 9.86. The van der Waals surface area contributed by atoms with Crippen molar-refractivity contribution in [3.8, 4) is 0 Å². The second-order valence-corrected chi connectivity index (χ2v) is 1.55. The zero-order valence-corrected chi connectivity index (χ0v) is 3.96. The fraction of sp³-hybridized carbons (Fsp3) is 0.600. The van der Waals surface area contributed by atoms with E-state index in [1.54, 1.807) is 6.61 Å². The van der Waals surface area contributed by atoms with Crippen molar-refractivity contribution < 1.29 is 9.53 Å². The molecule has 0 spiro atoms. The molecule has 2 nitrogen and oxygen atoms in total. The van der Waals surface area contributed by atoms with Crippen LogP contribution in [0.2, 0.25) is 0 Å². The highest BCUT2D eigenvalue weighted by Gasteiger charge is 2.13. The van der Waals surface area contributed by atoms with Crippen molar-refractivity contribution in [3.63, 3.8) is 0 Å². The van der Waals surface area contributed by atoms with Crippen LogP contribution in [0.5, 0.6) is 0 Å². The van der Waals surface area contributed by atoms with Crippen molar-refractivity contribution in [2.45, 2.75) is 18.9 Å². The van der Waals surface area contributed by atoms with Gasteiger partial charge in [0.25, 0.3) is 0 Å². The Balaban J connectivity index is 2.26. The molecule has 0 saturated carbocycles. The summed E-state index contributed by atoms with van der Waals surface area (Å²) in [5.41, 5.74) is 0. The van der Waals surface area contributed by atoms with Crippen molar-refractivity contribution in [2.75, 3.05) is 0 Å². The molecule has 1 rings (SSSR count). The van der Waals surface area contributed by atoms with E-state index in [2.05, 4.69) is 0 Å². The molecule has 0 aromatic carbocycles. The zero-order valence-electron chi connectivity index (χ0n) is 3.96. The zero-order chi connectivity index (χ0) is 5.11. The van der Waals surface area contributed by atoms with E-state index in [0.29, 0.717) is 0 Å². The molecule has 7 heavy (non-hydrogen) atoms.